The molecule has 0 saturated carbocycles. The highest BCUT2D eigenvalue weighted by Crippen LogP contribution is 2.29. The Kier molecular flexibility index (Phi) is 5.17. The Morgan fingerprint density at radius 1 is 1.03 bits per heavy atom. The Hall–Kier alpha value is -3.79. The molecule has 164 valence electrons. The van der Waals surface area contributed by atoms with Crippen LogP contribution in [0.3, 0.4) is 0 Å². The molecule has 4 aromatic rings. The predicted octanol–water partition coefficient (Wildman–Crippen LogP) is 4.43. The number of aromatic nitrogens is 3. The molecule has 0 aliphatic carbocycles. The van der Waals surface area contributed by atoms with Crippen LogP contribution < -0.4 is 4.72 Å². The Morgan fingerprint density at radius 2 is 1.72 bits per heavy atom. The molecule has 0 radical (unpaired) electrons. The molecule has 4 rings (SSSR count). The van der Waals surface area contributed by atoms with Crippen molar-refractivity contribution >= 4 is 32.4 Å². The molecule has 0 spiro atoms. The zero-order valence-electron chi connectivity index (χ0n) is 17.7. The molecule has 0 unspecified atom stereocenters. The van der Waals surface area contributed by atoms with Crippen molar-refractivity contribution in [3.63, 3.8) is 0 Å². The van der Waals surface area contributed by atoms with Crippen LogP contribution >= 0.6 is 0 Å². The van der Waals surface area contributed by atoms with Crippen molar-refractivity contribution in [3.8, 4) is 5.69 Å². The third-order valence-electron chi connectivity index (χ3n) is 4.91. The first-order chi connectivity index (χ1) is 15.1. The summed E-state index contributed by atoms with van der Waals surface area (Å²) in [5.41, 5.74) is 1.08. The van der Waals surface area contributed by atoms with Gasteiger partial charge in [0.2, 0.25) is 0 Å². The third kappa shape index (κ3) is 4.04. The normalized spacial score (nSPS) is 12.1. The van der Waals surface area contributed by atoms with Crippen molar-refractivity contribution in [1.29, 1.82) is 0 Å². The predicted molar refractivity (Wildman–Crippen MR) is 121 cm³/mol. The molecule has 0 aliphatic rings. The van der Waals surface area contributed by atoms with Crippen LogP contribution in [-0.2, 0) is 15.4 Å². The van der Waals surface area contributed by atoms with E-state index in [1.165, 1.54) is 35.0 Å². The van der Waals surface area contributed by atoms with Crippen LogP contribution in [0.1, 0.15) is 26.5 Å². The summed E-state index contributed by atoms with van der Waals surface area (Å²) in [6.45, 7) is 5.88. The number of para-hydroxylation sites is 1. The van der Waals surface area contributed by atoms with Crippen molar-refractivity contribution in [2.45, 2.75) is 31.1 Å². The first-order valence-electron chi connectivity index (χ1n) is 9.78. The van der Waals surface area contributed by atoms with E-state index in [0.29, 0.717) is 22.3 Å². The molecule has 9 nitrogen and oxygen atoms in total. The average molecular weight is 452 g/mol. The largest absolute Gasteiger partial charge is 0.269 e. The number of fused-ring (bicyclic) bond motifs is 1. The van der Waals surface area contributed by atoms with Crippen molar-refractivity contribution in [2.75, 3.05) is 4.72 Å². The van der Waals surface area contributed by atoms with Gasteiger partial charge in [-0.05, 0) is 24.3 Å². The van der Waals surface area contributed by atoms with Crippen molar-refractivity contribution in [3.05, 3.63) is 82.7 Å². The number of nitro groups is 1. The molecular formula is C22H21N5O4S. The van der Waals surface area contributed by atoms with E-state index in [1.54, 1.807) is 36.5 Å². The summed E-state index contributed by atoms with van der Waals surface area (Å²) in [4.78, 5) is 14.8. The molecule has 0 aliphatic heterocycles. The van der Waals surface area contributed by atoms with E-state index in [0.717, 1.165) is 0 Å². The van der Waals surface area contributed by atoms with Gasteiger partial charge in [0.1, 0.15) is 10.7 Å². The topological polar surface area (TPSA) is 120 Å². The van der Waals surface area contributed by atoms with Crippen molar-refractivity contribution in [2.24, 2.45) is 0 Å². The molecule has 0 atom stereocenters. The van der Waals surface area contributed by atoms with Crippen LogP contribution in [0.15, 0.2) is 71.8 Å². The molecule has 0 fully saturated rings. The van der Waals surface area contributed by atoms with Gasteiger partial charge in [-0.3, -0.25) is 19.8 Å². The van der Waals surface area contributed by atoms with E-state index in [1.807, 2.05) is 20.8 Å². The summed E-state index contributed by atoms with van der Waals surface area (Å²) in [5.74, 6) is 0.219. The lowest BCUT2D eigenvalue weighted by atomic mass is 9.92. The zero-order valence-corrected chi connectivity index (χ0v) is 18.5. The average Bonchev–Trinajstić information content (AvgIpc) is 3.17. The molecule has 1 N–H and O–H groups in total. The first kappa shape index (κ1) is 21.4. The molecule has 0 bridgehead atoms. The maximum absolute atomic E-state index is 13.3. The van der Waals surface area contributed by atoms with Gasteiger partial charge in [0.05, 0.1) is 21.8 Å². The highest BCUT2D eigenvalue weighted by molar-refractivity contribution is 7.93. The van der Waals surface area contributed by atoms with Crippen LogP contribution in [0.25, 0.3) is 16.6 Å². The minimum atomic E-state index is -4.01. The van der Waals surface area contributed by atoms with E-state index in [4.69, 9.17) is 0 Å². The van der Waals surface area contributed by atoms with Gasteiger partial charge in [-0.25, -0.2) is 13.1 Å². The molecule has 10 heteroatoms. The fourth-order valence-electron chi connectivity index (χ4n) is 3.22. The lowest BCUT2D eigenvalue weighted by Gasteiger charge is -2.14. The fourth-order valence-corrected chi connectivity index (χ4v) is 4.43. The Morgan fingerprint density at radius 3 is 2.38 bits per heavy atom. The summed E-state index contributed by atoms with van der Waals surface area (Å²) in [5, 5.41) is 16.3. The van der Waals surface area contributed by atoms with Gasteiger partial charge in [-0.2, -0.15) is 5.10 Å². The highest BCUT2D eigenvalue weighted by Gasteiger charge is 2.25. The summed E-state index contributed by atoms with van der Waals surface area (Å²) < 4.78 is 30.7. The second kappa shape index (κ2) is 7.72. The second-order valence-corrected chi connectivity index (χ2v) is 9.94. The van der Waals surface area contributed by atoms with Gasteiger partial charge in [0.15, 0.2) is 0 Å². The van der Waals surface area contributed by atoms with E-state index < -0.39 is 14.9 Å². The third-order valence-corrected chi connectivity index (χ3v) is 6.29. The number of anilines is 1. The smallest absolute Gasteiger partial charge is 0.263 e. The number of non-ortho nitro benzene ring substituents is 1. The first-order valence-corrected chi connectivity index (χ1v) is 11.3. The van der Waals surface area contributed by atoms with E-state index in [2.05, 4.69) is 14.8 Å². The number of hydrogen-bond donors (Lipinski definition) is 1. The van der Waals surface area contributed by atoms with Crippen molar-refractivity contribution in [1.82, 2.24) is 14.8 Å². The monoisotopic (exact) mass is 451 g/mol. The van der Waals surface area contributed by atoms with Gasteiger partial charge in [-0.1, -0.05) is 39.0 Å². The van der Waals surface area contributed by atoms with Crippen LogP contribution in [-0.4, -0.2) is 28.1 Å². The van der Waals surface area contributed by atoms with Gasteiger partial charge in [0, 0.05) is 35.2 Å². The summed E-state index contributed by atoms with van der Waals surface area (Å²) in [6, 6.07) is 15.9. The van der Waals surface area contributed by atoms with Gasteiger partial charge >= 0.3 is 0 Å². The minimum absolute atomic E-state index is 0.0457. The van der Waals surface area contributed by atoms with Gasteiger partial charge < -0.3 is 0 Å². The molecular weight excluding hydrogens is 430 g/mol. The Labute approximate surface area is 184 Å². The van der Waals surface area contributed by atoms with Gasteiger partial charge in [0.25, 0.3) is 15.7 Å². The maximum Gasteiger partial charge on any atom is 0.269 e. The summed E-state index contributed by atoms with van der Waals surface area (Å²) in [6.07, 6.45) is 1.54. The summed E-state index contributed by atoms with van der Waals surface area (Å²) >= 11 is 0. The Balaban J connectivity index is 1.82. The second-order valence-electron chi connectivity index (χ2n) is 8.29. The molecule has 2 heterocycles. The lowest BCUT2D eigenvalue weighted by Crippen LogP contribution is -2.16. The molecule has 32 heavy (non-hydrogen) atoms. The molecule has 2 aromatic heterocycles. The number of nitrogens with zero attached hydrogens (tertiary/aromatic N) is 4. The van der Waals surface area contributed by atoms with Crippen LogP contribution in [0.4, 0.5) is 11.5 Å². The number of nitro benzene ring substituents is 1. The van der Waals surface area contributed by atoms with E-state index in [-0.39, 0.29) is 21.8 Å². The minimum Gasteiger partial charge on any atom is -0.263 e. The molecule has 2 aromatic carbocycles. The van der Waals surface area contributed by atoms with Crippen LogP contribution in [0, 0.1) is 10.1 Å². The molecule has 0 saturated heterocycles. The fraction of sp³-hybridized carbons (Fsp3) is 0.182. The standard InChI is InChI=1S/C22H21N5O4S/c1-22(2,3)19-14-20(26(24-19)16-9-11-17(12-10-16)27(28)29)25-32(30,31)18-8-4-6-15-7-5-13-23-21(15)18/h4-14,25H,1-3H3. The highest BCUT2D eigenvalue weighted by atomic mass is 32.2. The quantitative estimate of drug-likeness (QED) is 0.354. The Bertz CT molecular complexity index is 1420. The van der Waals surface area contributed by atoms with Crippen LogP contribution in [0.5, 0.6) is 0 Å². The van der Waals surface area contributed by atoms with Crippen LogP contribution in [0.2, 0.25) is 0 Å². The van der Waals surface area contributed by atoms with E-state index >= 15 is 0 Å². The summed E-state index contributed by atoms with van der Waals surface area (Å²) in [7, 11) is -4.01. The van der Waals surface area contributed by atoms with Crippen molar-refractivity contribution < 1.29 is 13.3 Å². The zero-order chi connectivity index (χ0) is 23.1. The number of hydrogen-bond acceptors (Lipinski definition) is 6. The van der Waals surface area contributed by atoms with E-state index in [9.17, 15) is 18.5 Å². The number of rotatable bonds is 5. The number of nitrogens with one attached hydrogen (secondary N) is 1. The number of sulfonamides is 1. The SMILES string of the molecule is CC(C)(C)c1cc(NS(=O)(=O)c2cccc3cccnc23)n(-c2ccc([N+](=O)[O-])cc2)n1. The maximum atomic E-state index is 13.3. The van der Waals surface area contributed by atoms with Gasteiger partial charge in [-0.15, -0.1) is 0 Å². The molecule has 0 amide bonds. The number of benzene rings is 2. The lowest BCUT2D eigenvalue weighted by molar-refractivity contribution is -0.384. The number of pyridine rings is 1.